The fourth-order valence-electron chi connectivity index (χ4n) is 4.52. The Balaban J connectivity index is 1.35. The molecule has 1 aliphatic rings. The quantitative estimate of drug-likeness (QED) is 0.282. The summed E-state index contributed by atoms with van der Waals surface area (Å²) < 4.78 is 8.45. The van der Waals surface area contributed by atoms with Crippen LogP contribution in [0.4, 0.5) is 11.4 Å². The van der Waals surface area contributed by atoms with Crippen molar-refractivity contribution < 1.29 is 9.53 Å². The van der Waals surface area contributed by atoms with Crippen molar-refractivity contribution in [2.45, 2.75) is 25.5 Å². The van der Waals surface area contributed by atoms with E-state index in [1.807, 2.05) is 63.7 Å². The number of rotatable bonds is 11. The molecule has 0 atom stereocenters. The van der Waals surface area contributed by atoms with Crippen molar-refractivity contribution in [2.24, 2.45) is 0 Å². The van der Waals surface area contributed by atoms with Crippen molar-refractivity contribution in [3.8, 4) is 17.0 Å². The third kappa shape index (κ3) is 5.70. The summed E-state index contributed by atoms with van der Waals surface area (Å²) in [6, 6.07) is 14.6. The molecule has 0 bridgehead atoms. The van der Waals surface area contributed by atoms with Crippen LogP contribution in [-0.4, -0.2) is 59.6 Å². The van der Waals surface area contributed by atoms with Crippen LogP contribution in [0.3, 0.4) is 0 Å². The Bertz CT molecular complexity index is 1460. The zero-order chi connectivity index (χ0) is 26.6. The normalized spacial score (nSPS) is 13.1. The Morgan fingerprint density at radius 3 is 2.74 bits per heavy atom. The minimum absolute atomic E-state index is 0.251. The number of hydrogen-bond acceptors (Lipinski definition) is 6. The molecule has 8 nitrogen and oxygen atoms in total. The first kappa shape index (κ1) is 25.5. The zero-order valence-corrected chi connectivity index (χ0v) is 22.2. The van der Waals surface area contributed by atoms with Crippen LogP contribution in [0, 0.1) is 0 Å². The highest BCUT2D eigenvalue weighted by Gasteiger charge is 2.26. The topological polar surface area (TPSA) is 75.5 Å². The van der Waals surface area contributed by atoms with Crippen molar-refractivity contribution in [3.05, 3.63) is 79.3 Å². The fraction of sp³-hybridized carbons (Fsp3) is 0.300. The molecule has 0 unspecified atom stereocenters. The molecule has 5 rings (SSSR count). The second kappa shape index (κ2) is 11.1. The number of ether oxygens (including phenoxy) is 1. The van der Waals surface area contributed by atoms with E-state index in [1.54, 1.807) is 6.20 Å². The van der Waals surface area contributed by atoms with E-state index in [2.05, 4.69) is 48.5 Å². The van der Waals surface area contributed by atoms with Crippen LogP contribution in [0.25, 0.3) is 22.2 Å². The van der Waals surface area contributed by atoms with Crippen LogP contribution in [-0.2, 0) is 11.4 Å². The second-order valence-electron chi connectivity index (χ2n) is 9.99. The predicted octanol–water partition coefficient (Wildman–Crippen LogP) is 5.13. The lowest BCUT2D eigenvalue weighted by Crippen LogP contribution is -2.29. The SMILES string of the molecule is C=CC(=O)Nc1cc(COc2cc(-c3cn(C4CC4)c4cccnc34)ccn2)ccc1N(C)CCN(C)C. The van der Waals surface area contributed by atoms with Gasteiger partial charge in [-0.3, -0.25) is 9.78 Å². The molecule has 0 radical (unpaired) electrons. The lowest BCUT2D eigenvalue weighted by atomic mass is 10.1. The first-order valence-electron chi connectivity index (χ1n) is 12.9. The van der Waals surface area contributed by atoms with E-state index in [0.717, 1.165) is 52.2 Å². The van der Waals surface area contributed by atoms with E-state index in [1.165, 1.54) is 18.9 Å². The van der Waals surface area contributed by atoms with E-state index in [-0.39, 0.29) is 5.91 Å². The van der Waals surface area contributed by atoms with Crippen molar-refractivity contribution in [1.29, 1.82) is 0 Å². The number of nitrogens with zero attached hydrogens (tertiary/aromatic N) is 5. The molecule has 1 aliphatic carbocycles. The molecule has 0 spiro atoms. The molecule has 8 heteroatoms. The van der Waals surface area contributed by atoms with Crippen molar-refractivity contribution in [2.75, 3.05) is 44.4 Å². The second-order valence-corrected chi connectivity index (χ2v) is 9.99. The first-order valence-corrected chi connectivity index (χ1v) is 12.9. The molecule has 1 saturated carbocycles. The van der Waals surface area contributed by atoms with E-state index in [4.69, 9.17) is 4.74 Å². The average Bonchev–Trinajstić information content (AvgIpc) is 3.70. The Hall–Kier alpha value is -4.17. The molecule has 0 saturated heterocycles. The maximum Gasteiger partial charge on any atom is 0.247 e. The molecule has 38 heavy (non-hydrogen) atoms. The molecule has 4 aromatic rings. The molecule has 196 valence electrons. The highest BCUT2D eigenvalue weighted by molar-refractivity contribution is 6.01. The number of likely N-dealkylation sites (N-methyl/N-ethyl adjacent to an activating group) is 2. The van der Waals surface area contributed by atoms with E-state index in [0.29, 0.717) is 18.5 Å². The number of hydrogen-bond donors (Lipinski definition) is 1. The Morgan fingerprint density at radius 2 is 1.97 bits per heavy atom. The molecule has 3 heterocycles. The molecule has 1 aromatic carbocycles. The first-order chi connectivity index (χ1) is 18.4. The van der Waals surface area contributed by atoms with Crippen LogP contribution in [0.5, 0.6) is 5.88 Å². The van der Waals surface area contributed by atoms with Gasteiger partial charge < -0.3 is 24.4 Å². The number of fused-ring (bicyclic) bond motifs is 1. The minimum atomic E-state index is -0.251. The van der Waals surface area contributed by atoms with Crippen molar-refractivity contribution in [3.63, 3.8) is 0 Å². The van der Waals surface area contributed by atoms with Gasteiger partial charge in [-0.05, 0) is 74.5 Å². The Labute approximate surface area is 223 Å². The third-order valence-corrected chi connectivity index (χ3v) is 6.76. The lowest BCUT2D eigenvalue weighted by molar-refractivity contribution is -0.111. The number of carbonyl (C=O) groups excluding carboxylic acids is 1. The van der Waals surface area contributed by atoms with E-state index < -0.39 is 0 Å². The molecule has 0 aliphatic heterocycles. The number of pyridine rings is 2. The Kier molecular flexibility index (Phi) is 7.42. The molecule has 1 N–H and O–H groups in total. The van der Waals surface area contributed by atoms with Gasteiger partial charge in [0.2, 0.25) is 11.8 Å². The van der Waals surface area contributed by atoms with Crippen molar-refractivity contribution >= 4 is 28.3 Å². The molecule has 1 fully saturated rings. The zero-order valence-electron chi connectivity index (χ0n) is 22.2. The monoisotopic (exact) mass is 510 g/mol. The summed E-state index contributed by atoms with van der Waals surface area (Å²) in [5, 5.41) is 2.94. The van der Waals surface area contributed by atoms with E-state index >= 15 is 0 Å². The molecular weight excluding hydrogens is 476 g/mol. The number of benzene rings is 1. The summed E-state index contributed by atoms with van der Waals surface area (Å²) in [5.74, 6) is 0.285. The fourth-order valence-corrected chi connectivity index (χ4v) is 4.52. The van der Waals surface area contributed by atoms with Crippen LogP contribution in [0.15, 0.2) is 73.7 Å². The van der Waals surface area contributed by atoms with Gasteiger partial charge in [-0.1, -0.05) is 12.6 Å². The third-order valence-electron chi connectivity index (χ3n) is 6.76. The maximum absolute atomic E-state index is 12.1. The highest BCUT2D eigenvalue weighted by Crippen LogP contribution is 2.41. The van der Waals surface area contributed by atoms with Gasteiger partial charge in [-0.15, -0.1) is 0 Å². The van der Waals surface area contributed by atoms with Crippen LogP contribution in [0.2, 0.25) is 0 Å². The van der Waals surface area contributed by atoms with Gasteiger partial charge in [0.05, 0.1) is 22.4 Å². The van der Waals surface area contributed by atoms with Crippen molar-refractivity contribution in [1.82, 2.24) is 19.4 Å². The summed E-state index contributed by atoms with van der Waals surface area (Å²) in [7, 11) is 6.10. The lowest BCUT2D eigenvalue weighted by Gasteiger charge is -2.24. The van der Waals surface area contributed by atoms with Gasteiger partial charge in [-0.25, -0.2) is 4.98 Å². The molecular formula is C30H34N6O2. The largest absolute Gasteiger partial charge is 0.473 e. The van der Waals surface area contributed by atoms with Crippen LogP contribution >= 0.6 is 0 Å². The van der Waals surface area contributed by atoms with Gasteiger partial charge in [0.1, 0.15) is 6.61 Å². The average molecular weight is 511 g/mol. The number of amides is 1. The molecule has 3 aromatic heterocycles. The van der Waals surface area contributed by atoms with Gasteiger partial charge >= 0.3 is 0 Å². The summed E-state index contributed by atoms with van der Waals surface area (Å²) >= 11 is 0. The van der Waals surface area contributed by atoms with Gasteiger partial charge in [0.15, 0.2) is 0 Å². The predicted molar refractivity (Wildman–Crippen MR) is 153 cm³/mol. The summed E-state index contributed by atoms with van der Waals surface area (Å²) in [6.07, 6.45) is 9.51. The number of aromatic nitrogens is 3. The molecule has 1 amide bonds. The highest BCUT2D eigenvalue weighted by atomic mass is 16.5. The van der Waals surface area contributed by atoms with Crippen LogP contribution < -0.4 is 15.0 Å². The Morgan fingerprint density at radius 1 is 1.13 bits per heavy atom. The summed E-state index contributed by atoms with van der Waals surface area (Å²) in [6.45, 7) is 5.62. The summed E-state index contributed by atoms with van der Waals surface area (Å²) in [5.41, 5.74) is 6.84. The van der Waals surface area contributed by atoms with Gasteiger partial charge in [0, 0.05) is 56.4 Å². The summed E-state index contributed by atoms with van der Waals surface area (Å²) in [4.78, 5) is 25.5. The van der Waals surface area contributed by atoms with Gasteiger partial charge in [0.25, 0.3) is 0 Å². The maximum atomic E-state index is 12.1. The minimum Gasteiger partial charge on any atom is -0.473 e. The smallest absolute Gasteiger partial charge is 0.247 e. The number of carbonyl (C=O) groups is 1. The van der Waals surface area contributed by atoms with Crippen LogP contribution in [0.1, 0.15) is 24.4 Å². The number of anilines is 2. The van der Waals surface area contributed by atoms with Gasteiger partial charge in [-0.2, -0.15) is 0 Å². The van der Waals surface area contributed by atoms with E-state index in [9.17, 15) is 4.79 Å². The number of nitrogens with one attached hydrogen (secondary N) is 1. The standard InChI is InChI=1S/C30H34N6O2/c1-5-28(37)33-25-17-21(8-11-26(25)35(4)16-15-34(2)3)20-38-29-18-22(12-14-31-29)24-19-36(23-9-10-23)27-7-6-13-32-30(24)27/h5-8,11-14,17-19,23H,1,9-10,15-16,20H2,2-4H3,(H,33,37).